The summed E-state index contributed by atoms with van der Waals surface area (Å²) < 4.78 is 18.9. The maximum absolute atomic E-state index is 12.5. The Kier molecular flexibility index (Phi) is 9.09. The lowest BCUT2D eigenvalue weighted by atomic mass is 9.97. The number of rotatable bonds is 5. The molecule has 1 N–H and O–H groups in total. The number of imidazole rings is 2. The number of benzene rings is 2. The minimum absolute atomic E-state index is 0.0386. The number of aromatic nitrogens is 4. The molecule has 2 aromatic heterocycles. The van der Waals surface area contributed by atoms with Crippen LogP contribution in [0.2, 0.25) is 10.0 Å². The molecule has 4 heterocycles. The van der Waals surface area contributed by atoms with Gasteiger partial charge in [0, 0.05) is 31.1 Å². The van der Waals surface area contributed by atoms with Crippen LogP contribution in [0.3, 0.4) is 0 Å². The molecule has 240 valence electrons. The fourth-order valence-electron chi connectivity index (χ4n) is 5.09. The first kappa shape index (κ1) is 33.2. The van der Waals surface area contributed by atoms with Gasteiger partial charge in [0.25, 0.3) is 0 Å². The summed E-state index contributed by atoms with van der Waals surface area (Å²) in [6, 6.07) is 13.6. The van der Waals surface area contributed by atoms with Crippen LogP contribution >= 0.6 is 23.2 Å². The first-order valence-corrected chi connectivity index (χ1v) is 14.8. The van der Waals surface area contributed by atoms with Crippen LogP contribution in [0.25, 0.3) is 11.4 Å². The minimum atomic E-state index is -0.961. The van der Waals surface area contributed by atoms with Crippen molar-refractivity contribution < 1.29 is 33.7 Å². The van der Waals surface area contributed by atoms with Crippen LogP contribution < -0.4 is 0 Å². The second kappa shape index (κ2) is 12.9. The average molecular weight is 678 g/mol. The molecule has 6 rings (SSSR count). The number of fused-ring (bicyclic) bond motifs is 2. The normalized spacial score (nSPS) is 19.5. The monoisotopic (exact) mass is 676 g/mol. The van der Waals surface area contributed by atoms with Crippen LogP contribution in [0.15, 0.2) is 49.1 Å². The molecule has 2 atom stereocenters. The van der Waals surface area contributed by atoms with Gasteiger partial charge in [-0.15, -0.1) is 0 Å². The van der Waals surface area contributed by atoms with Crippen molar-refractivity contribution in [3.05, 3.63) is 93.0 Å². The zero-order valence-corrected chi connectivity index (χ0v) is 26.8. The van der Waals surface area contributed by atoms with E-state index < -0.39 is 29.1 Å². The van der Waals surface area contributed by atoms with E-state index in [0.29, 0.717) is 63.1 Å². The number of nitrogens with zero attached hydrogens (tertiary/aromatic N) is 6. The minimum Gasteiger partial charge on any atom is -0.462 e. The number of aliphatic hydroxyl groups is 1. The fraction of sp³-hybridized carbons (Fsp3) is 0.281. The van der Waals surface area contributed by atoms with Crippen LogP contribution in [-0.4, -0.2) is 66.5 Å². The number of ether oxygens (including phenoxy) is 3. The predicted octanol–water partition coefficient (Wildman–Crippen LogP) is 4.29. The first-order chi connectivity index (χ1) is 22.3. The maximum Gasteiger partial charge on any atom is 0.357 e. The molecule has 0 spiro atoms. The van der Waals surface area contributed by atoms with E-state index in [9.17, 15) is 19.5 Å². The van der Waals surface area contributed by atoms with Crippen LogP contribution in [0.5, 0.6) is 0 Å². The van der Waals surface area contributed by atoms with Gasteiger partial charge in [-0.2, -0.15) is 10.5 Å². The average Bonchev–Trinajstić information content (AvgIpc) is 3.65. The number of carbonyl (C=O) groups is 3. The van der Waals surface area contributed by atoms with Crippen molar-refractivity contribution in [2.45, 2.75) is 44.8 Å². The molecule has 15 heteroatoms. The van der Waals surface area contributed by atoms with Gasteiger partial charge in [0.05, 0.1) is 39.2 Å². The summed E-state index contributed by atoms with van der Waals surface area (Å²) in [5.41, 5.74) is 1.71. The van der Waals surface area contributed by atoms with Crippen LogP contribution in [-0.2, 0) is 31.8 Å². The molecule has 2 aromatic carbocycles. The highest BCUT2D eigenvalue weighted by Crippen LogP contribution is 2.31. The third-order valence-corrected chi connectivity index (χ3v) is 8.08. The predicted molar refractivity (Wildman–Crippen MR) is 165 cm³/mol. The Morgan fingerprint density at radius 2 is 1.34 bits per heavy atom. The van der Waals surface area contributed by atoms with E-state index in [1.54, 1.807) is 59.4 Å². The lowest BCUT2D eigenvalue weighted by Crippen LogP contribution is -2.43. The number of esters is 3. The zero-order chi connectivity index (χ0) is 34.1. The number of nitriles is 2. The number of hydrogen-bond acceptors (Lipinski definition) is 11. The van der Waals surface area contributed by atoms with Crippen molar-refractivity contribution in [1.82, 2.24) is 19.1 Å². The standard InChI is InChI=1S/C17H14ClN3O4.C15H12ClN3O3/c1-10(22)24-8-17(2)6-14-15(16(23)25-17)21(9-20-14)12-4-3-11(7-19)13(18)5-12;1-15(7-20)5-12-13(14(21)22-15)19(8-18-12)10-3-2-9(6-17)11(16)4-10/h3-5,9H,6,8H2,1-2H3;2-4,8,20H,5,7H2,1H3. The molecular weight excluding hydrogens is 651 g/mol. The van der Waals surface area contributed by atoms with Gasteiger partial charge in [0.1, 0.15) is 42.6 Å². The van der Waals surface area contributed by atoms with Gasteiger partial charge < -0.3 is 19.3 Å². The summed E-state index contributed by atoms with van der Waals surface area (Å²) in [7, 11) is 0. The Hall–Kier alpha value is -5.21. The van der Waals surface area contributed by atoms with Crippen LogP contribution in [0.1, 0.15) is 64.3 Å². The van der Waals surface area contributed by atoms with Gasteiger partial charge >= 0.3 is 17.9 Å². The molecular formula is C32H26Cl2N6O7. The number of carbonyl (C=O) groups excluding carboxylic acids is 3. The molecule has 2 aliphatic heterocycles. The number of cyclic esters (lactones) is 2. The van der Waals surface area contributed by atoms with Crippen LogP contribution in [0.4, 0.5) is 0 Å². The molecule has 2 aliphatic rings. The molecule has 0 fully saturated rings. The van der Waals surface area contributed by atoms with E-state index in [-0.39, 0.29) is 18.2 Å². The third-order valence-electron chi connectivity index (χ3n) is 7.45. The van der Waals surface area contributed by atoms with Crippen molar-refractivity contribution in [3.63, 3.8) is 0 Å². The van der Waals surface area contributed by atoms with Gasteiger partial charge in [-0.3, -0.25) is 13.9 Å². The molecule has 13 nitrogen and oxygen atoms in total. The Bertz CT molecular complexity index is 2010. The quantitative estimate of drug-likeness (QED) is 0.235. The Labute approximate surface area is 278 Å². The van der Waals surface area contributed by atoms with E-state index in [2.05, 4.69) is 9.97 Å². The summed E-state index contributed by atoms with van der Waals surface area (Å²) in [5.74, 6) is -1.55. The maximum atomic E-state index is 12.5. The Balaban J connectivity index is 0.000000186. The van der Waals surface area contributed by atoms with E-state index in [1.807, 2.05) is 12.1 Å². The van der Waals surface area contributed by atoms with E-state index in [1.165, 1.54) is 19.6 Å². The first-order valence-electron chi connectivity index (χ1n) is 14.0. The number of hydrogen-bond donors (Lipinski definition) is 1. The van der Waals surface area contributed by atoms with E-state index in [4.69, 9.17) is 47.9 Å². The summed E-state index contributed by atoms with van der Waals surface area (Å²) in [4.78, 5) is 44.3. The van der Waals surface area contributed by atoms with Gasteiger partial charge in [0.2, 0.25) is 0 Å². The highest BCUT2D eigenvalue weighted by Gasteiger charge is 2.41. The largest absolute Gasteiger partial charge is 0.462 e. The molecule has 0 amide bonds. The summed E-state index contributed by atoms with van der Waals surface area (Å²) in [5, 5.41) is 27.8. The molecule has 0 saturated carbocycles. The molecule has 0 radical (unpaired) electrons. The van der Waals surface area contributed by atoms with Crippen molar-refractivity contribution in [2.75, 3.05) is 13.2 Å². The Morgan fingerprint density at radius 1 is 0.894 bits per heavy atom. The van der Waals surface area contributed by atoms with Crippen LogP contribution in [0, 0.1) is 22.7 Å². The summed E-state index contributed by atoms with van der Waals surface area (Å²) in [6.45, 7) is 4.33. The highest BCUT2D eigenvalue weighted by molar-refractivity contribution is 6.32. The van der Waals surface area contributed by atoms with Gasteiger partial charge in [0.15, 0.2) is 11.4 Å². The lowest BCUT2D eigenvalue weighted by Gasteiger charge is -2.32. The van der Waals surface area contributed by atoms with Gasteiger partial charge in [-0.1, -0.05) is 23.2 Å². The second-order valence-electron chi connectivity index (χ2n) is 11.3. The Morgan fingerprint density at radius 3 is 1.74 bits per heavy atom. The number of aliphatic hydroxyl groups excluding tert-OH is 1. The third kappa shape index (κ3) is 6.69. The molecule has 0 saturated heterocycles. The van der Waals surface area contributed by atoms with E-state index in [0.717, 1.165) is 0 Å². The van der Waals surface area contributed by atoms with Crippen molar-refractivity contribution in [3.8, 4) is 23.5 Å². The van der Waals surface area contributed by atoms with Gasteiger partial charge in [-0.05, 0) is 50.2 Å². The molecule has 0 aliphatic carbocycles. The van der Waals surface area contributed by atoms with Gasteiger partial charge in [-0.25, -0.2) is 19.6 Å². The smallest absolute Gasteiger partial charge is 0.357 e. The van der Waals surface area contributed by atoms with E-state index >= 15 is 0 Å². The number of halogens is 2. The molecule has 2 unspecified atom stereocenters. The molecule has 4 aromatic rings. The van der Waals surface area contributed by atoms with Crippen molar-refractivity contribution in [2.24, 2.45) is 0 Å². The summed E-state index contributed by atoms with van der Waals surface area (Å²) >= 11 is 12.1. The lowest BCUT2D eigenvalue weighted by molar-refractivity contribution is -0.148. The highest BCUT2D eigenvalue weighted by atomic mass is 35.5. The second-order valence-corrected chi connectivity index (χ2v) is 12.2. The van der Waals surface area contributed by atoms with Crippen molar-refractivity contribution in [1.29, 1.82) is 10.5 Å². The fourth-order valence-corrected chi connectivity index (χ4v) is 5.52. The SMILES string of the molecule is CC(=O)OCC1(C)Cc2ncn(-c3ccc(C#N)c(Cl)c3)c2C(=O)O1.CC1(CO)Cc2ncn(-c3ccc(C#N)c(Cl)c3)c2C(=O)O1. The molecule has 47 heavy (non-hydrogen) atoms. The summed E-state index contributed by atoms with van der Waals surface area (Å²) in [6.07, 6.45) is 3.66. The topological polar surface area (TPSA) is 182 Å². The van der Waals surface area contributed by atoms with Crippen molar-refractivity contribution >= 4 is 41.1 Å². The zero-order valence-electron chi connectivity index (χ0n) is 25.3. The molecule has 0 bridgehead atoms.